The number of aromatic nitrogens is 1. The quantitative estimate of drug-likeness (QED) is 0.437. The zero-order valence-electron chi connectivity index (χ0n) is 17.1. The van der Waals surface area contributed by atoms with Crippen LogP contribution in [0.15, 0.2) is 46.1 Å². The lowest BCUT2D eigenvalue weighted by molar-refractivity contribution is 0.0657. The van der Waals surface area contributed by atoms with Crippen LogP contribution in [-0.2, 0) is 6.54 Å². The Morgan fingerprint density at radius 3 is 2.72 bits per heavy atom. The van der Waals surface area contributed by atoms with E-state index in [0.29, 0.717) is 51.0 Å². The number of aliphatic imine (C=N–C) groups is 1. The molecule has 3 rings (SSSR count). The van der Waals surface area contributed by atoms with Gasteiger partial charge in [0.15, 0.2) is 11.7 Å². The molecule has 29 heavy (non-hydrogen) atoms. The highest BCUT2D eigenvalue weighted by Crippen LogP contribution is 2.15. The molecule has 0 saturated carbocycles. The molecule has 0 bridgehead atoms. The van der Waals surface area contributed by atoms with E-state index in [-0.39, 0.29) is 5.91 Å². The third kappa shape index (κ3) is 5.49. The van der Waals surface area contributed by atoms with Gasteiger partial charge in [0.25, 0.3) is 5.91 Å². The number of amides is 1. The highest BCUT2D eigenvalue weighted by atomic mass is 16.5. The van der Waals surface area contributed by atoms with E-state index < -0.39 is 0 Å². The third-order valence-electron chi connectivity index (χ3n) is 4.83. The Labute approximate surface area is 171 Å². The Kier molecular flexibility index (Phi) is 7.49. The van der Waals surface area contributed by atoms with E-state index in [0.717, 1.165) is 24.4 Å². The molecule has 0 radical (unpaired) electrons. The SMILES string of the molecule is CCCCOc1ncccc1CNC(=NC)N1CCN(C(=O)c2ccco2)CC1. The fourth-order valence-electron chi connectivity index (χ4n) is 3.19. The molecule has 1 amide bonds. The second-order valence-corrected chi connectivity index (χ2v) is 6.83. The number of piperazine rings is 1. The fourth-order valence-corrected chi connectivity index (χ4v) is 3.19. The summed E-state index contributed by atoms with van der Waals surface area (Å²) in [6, 6.07) is 7.34. The minimum Gasteiger partial charge on any atom is -0.477 e. The van der Waals surface area contributed by atoms with Crippen LogP contribution >= 0.6 is 0 Å². The fraction of sp³-hybridized carbons (Fsp3) is 0.476. The minimum absolute atomic E-state index is 0.0678. The van der Waals surface area contributed by atoms with Crippen molar-refractivity contribution >= 4 is 11.9 Å². The van der Waals surface area contributed by atoms with E-state index in [1.165, 1.54) is 6.26 Å². The molecular formula is C21H29N5O3. The van der Waals surface area contributed by atoms with Gasteiger partial charge in [-0.2, -0.15) is 0 Å². The van der Waals surface area contributed by atoms with Gasteiger partial charge in [0.05, 0.1) is 12.9 Å². The lowest BCUT2D eigenvalue weighted by atomic mass is 10.2. The summed E-state index contributed by atoms with van der Waals surface area (Å²) in [5.41, 5.74) is 0.997. The van der Waals surface area contributed by atoms with Crippen LogP contribution in [0.1, 0.15) is 35.9 Å². The summed E-state index contributed by atoms with van der Waals surface area (Å²) in [6.07, 6.45) is 5.36. The molecule has 3 heterocycles. The smallest absolute Gasteiger partial charge is 0.289 e. The maximum Gasteiger partial charge on any atom is 0.289 e. The van der Waals surface area contributed by atoms with Gasteiger partial charge in [0.1, 0.15) is 0 Å². The van der Waals surface area contributed by atoms with Gasteiger partial charge in [-0.15, -0.1) is 0 Å². The standard InChI is InChI=1S/C21H29N5O3/c1-3-4-14-29-19-17(7-5-9-23-19)16-24-21(22-2)26-12-10-25(11-13-26)20(27)18-8-6-15-28-18/h5-9,15H,3-4,10-14,16H2,1-2H3,(H,22,24). The van der Waals surface area contributed by atoms with Crippen LogP contribution in [0.25, 0.3) is 0 Å². The monoisotopic (exact) mass is 399 g/mol. The lowest BCUT2D eigenvalue weighted by Gasteiger charge is -2.36. The van der Waals surface area contributed by atoms with E-state index in [9.17, 15) is 4.79 Å². The largest absolute Gasteiger partial charge is 0.477 e. The number of ether oxygens (including phenoxy) is 1. The van der Waals surface area contributed by atoms with Crippen molar-refractivity contribution in [2.45, 2.75) is 26.3 Å². The highest BCUT2D eigenvalue weighted by molar-refractivity contribution is 5.91. The van der Waals surface area contributed by atoms with E-state index >= 15 is 0 Å². The van der Waals surface area contributed by atoms with E-state index in [4.69, 9.17) is 9.15 Å². The first-order chi connectivity index (χ1) is 14.2. The summed E-state index contributed by atoms with van der Waals surface area (Å²) in [6.45, 7) is 6.04. The van der Waals surface area contributed by atoms with E-state index in [2.05, 4.69) is 27.1 Å². The molecule has 0 unspecified atom stereocenters. The Morgan fingerprint density at radius 1 is 1.24 bits per heavy atom. The Bertz CT molecular complexity index is 798. The molecule has 8 heteroatoms. The maximum atomic E-state index is 12.4. The topological polar surface area (TPSA) is 83.2 Å². The predicted octanol–water partition coefficient (Wildman–Crippen LogP) is 2.39. The van der Waals surface area contributed by atoms with Crippen LogP contribution in [0, 0.1) is 0 Å². The molecule has 1 saturated heterocycles. The average molecular weight is 399 g/mol. The molecule has 1 N–H and O–H groups in total. The Morgan fingerprint density at radius 2 is 2.03 bits per heavy atom. The molecule has 0 spiro atoms. The molecule has 1 aliphatic heterocycles. The van der Waals surface area contributed by atoms with Gasteiger partial charge >= 0.3 is 0 Å². The van der Waals surface area contributed by atoms with Gasteiger partial charge in [0, 0.05) is 51.5 Å². The first-order valence-corrected chi connectivity index (χ1v) is 10.1. The van der Waals surface area contributed by atoms with E-state index in [1.807, 2.05) is 17.0 Å². The summed E-state index contributed by atoms with van der Waals surface area (Å²) in [7, 11) is 1.77. The summed E-state index contributed by atoms with van der Waals surface area (Å²) >= 11 is 0. The summed E-state index contributed by atoms with van der Waals surface area (Å²) in [4.78, 5) is 25.1. The number of carbonyl (C=O) groups is 1. The van der Waals surface area contributed by atoms with Crippen LogP contribution in [0.2, 0.25) is 0 Å². The number of unbranched alkanes of at least 4 members (excludes halogenated alkanes) is 1. The minimum atomic E-state index is -0.0678. The van der Waals surface area contributed by atoms with Crippen molar-refractivity contribution in [3.8, 4) is 5.88 Å². The number of hydrogen-bond donors (Lipinski definition) is 1. The van der Waals surface area contributed by atoms with Crippen molar-refractivity contribution in [2.75, 3.05) is 39.8 Å². The molecular weight excluding hydrogens is 370 g/mol. The number of pyridine rings is 1. The van der Waals surface area contributed by atoms with Crippen molar-refractivity contribution < 1.29 is 13.9 Å². The Balaban J connectivity index is 1.52. The van der Waals surface area contributed by atoms with Gasteiger partial charge in [-0.1, -0.05) is 19.4 Å². The molecule has 2 aromatic heterocycles. The second kappa shape index (κ2) is 10.5. The number of furan rings is 1. The highest BCUT2D eigenvalue weighted by Gasteiger charge is 2.25. The van der Waals surface area contributed by atoms with Gasteiger partial charge in [-0.05, 0) is 24.6 Å². The predicted molar refractivity (Wildman–Crippen MR) is 111 cm³/mol. The molecule has 1 fully saturated rings. The average Bonchev–Trinajstić information content (AvgIpc) is 3.30. The molecule has 156 valence electrons. The molecule has 8 nitrogen and oxygen atoms in total. The van der Waals surface area contributed by atoms with Crippen LogP contribution in [0.4, 0.5) is 0 Å². The first kappa shape index (κ1) is 20.7. The zero-order chi connectivity index (χ0) is 20.5. The van der Waals surface area contributed by atoms with Crippen molar-refractivity contribution in [1.82, 2.24) is 20.1 Å². The van der Waals surface area contributed by atoms with Crippen LogP contribution in [0.5, 0.6) is 5.88 Å². The van der Waals surface area contributed by atoms with Gasteiger partial charge in [-0.3, -0.25) is 9.79 Å². The van der Waals surface area contributed by atoms with Crippen molar-refractivity contribution in [3.05, 3.63) is 48.0 Å². The van der Waals surface area contributed by atoms with Gasteiger partial charge in [-0.25, -0.2) is 4.98 Å². The Hall–Kier alpha value is -3.03. The van der Waals surface area contributed by atoms with Crippen LogP contribution in [0.3, 0.4) is 0 Å². The molecule has 0 atom stereocenters. The normalized spacial score (nSPS) is 14.8. The maximum absolute atomic E-state index is 12.4. The van der Waals surface area contributed by atoms with Crippen LogP contribution in [-0.4, -0.2) is 66.5 Å². The van der Waals surface area contributed by atoms with Crippen molar-refractivity contribution in [1.29, 1.82) is 0 Å². The van der Waals surface area contributed by atoms with E-state index in [1.54, 1.807) is 25.4 Å². The number of hydrogen-bond acceptors (Lipinski definition) is 5. The third-order valence-corrected chi connectivity index (χ3v) is 4.83. The summed E-state index contributed by atoms with van der Waals surface area (Å²) in [5, 5.41) is 3.39. The number of nitrogens with one attached hydrogen (secondary N) is 1. The second-order valence-electron chi connectivity index (χ2n) is 6.83. The number of carbonyl (C=O) groups excluding carboxylic acids is 1. The van der Waals surface area contributed by atoms with Crippen molar-refractivity contribution in [3.63, 3.8) is 0 Å². The summed E-state index contributed by atoms with van der Waals surface area (Å²) in [5.74, 6) is 1.78. The van der Waals surface area contributed by atoms with Crippen molar-refractivity contribution in [2.24, 2.45) is 4.99 Å². The van der Waals surface area contributed by atoms with Gasteiger partial charge < -0.3 is 24.3 Å². The molecule has 0 aromatic carbocycles. The van der Waals surface area contributed by atoms with Crippen LogP contribution < -0.4 is 10.1 Å². The number of nitrogens with zero attached hydrogens (tertiary/aromatic N) is 4. The molecule has 0 aliphatic carbocycles. The number of guanidine groups is 1. The lowest BCUT2D eigenvalue weighted by Crippen LogP contribution is -2.53. The summed E-state index contributed by atoms with van der Waals surface area (Å²) < 4.78 is 11.0. The molecule has 2 aromatic rings. The number of rotatable bonds is 7. The first-order valence-electron chi connectivity index (χ1n) is 10.1. The molecule has 1 aliphatic rings. The van der Waals surface area contributed by atoms with Gasteiger partial charge in [0.2, 0.25) is 5.88 Å². The zero-order valence-corrected chi connectivity index (χ0v) is 17.1.